The molecule has 0 aliphatic carbocycles. The molecule has 1 heterocycles. The van der Waals surface area contributed by atoms with Gasteiger partial charge in [-0.15, -0.1) is 0 Å². The summed E-state index contributed by atoms with van der Waals surface area (Å²) in [6.45, 7) is 9.71. The molecule has 1 saturated heterocycles. The summed E-state index contributed by atoms with van der Waals surface area (Å²) >= 11 is 0. The van der Waals surface area contributed by atoms with Crippen LogP contribution in [-0.2, 0) is 0 Å². The summed E-state index contributed by atoms with van der Waals surface area (Å²) in [6.07, 6.45) is 5.99. The Morgan fingerprint density at radius 1 is 1.07 bits per heavy atom. The van der Waals surface area contributed by atoms with Crippen molar-refractivity contribution in [3.8, 4) is 0 Å². The molecule has 0 N–H and O–H groups in total. The van der Waals surface area contributed by atoms with Crippen LogP contribution in [0.2, 0.25) is 18.6 Å². The van der Waals surface area contributed by atoms with Crippen molar-refractivity contribution in [2.75, 3.05) is 19.3 Å². The summed E-state index contributed by atoms with van der Waals surface area (Å²) in [6, 6.07) is 3.17. The summed E-state index contributed by atoms with van der Waals surface area (Å²) in [4.78, 5) is 2.64. The van der Waals surface area contributed by atoms with Crippen LogP contribution in [0, 0.1) is 0 Å². The van der Waals surface area contributed by atoms with E-state index in [1.54, 1.807) is 12.1 Å². The maximum absolute atomic E-state index is 2.64. The van der Waals surface area contributed by atoms with Gasteiger partial charge in [-0.05, 0) is 19.3 Å². The first-order valence-electron chi connectivity index (χ1n) is 5.92. The van der Waals surface area contributed by atoms with Crippen LogP contribution in [0.3, 0.4) is 0 Å². The summed E-state index contributed by atoms with van der Waals surface area (Å²) in [5, 5.41) is 0. The van der Waals surface area contributed by atoms with Crippen molar-refractivity contribution in [1.82, 2.24) is 4.90 Å². The summed E-state index contributed by atoms with van der Waals surface area (Å²) in [7, 11) is -0.816. The molecule has 0 radical (unpaired) electrons. The van der Waals surface area contributed by atoms with E-state index in [9.17, 15) is 0 Å². The van der Waals surface area contributed by atoms with Crippen LogP contribution in [0.25, 0.3) is 0 Å². The summed E-state index contributed by atoms with van der Waals surface area (Å²) < 4.78 is 0. The van der Waals surface area contributed by atoms with Crippen molar-refractivity contribution in [1.29, 1.82) is 0 Å². The molecule has 0 spiro atoms. The van der Waals surface area contributed by atoms with Crippen molar-refractivity contribution in [2.24, 2.45) is 0 Å². The van der Waals surface area contributed by atoms with Gasteiger partial charge in [0.05, 0.1) is 8.07 Å². The fourth-order valence-electron chi connectivity index (χ4n) is 2.55. The van der Waals surface area contributed by atoms with Gasteiger partial charge < -0.3 is 6.33 Å². The Bertz CT molecular complexity index is 148. The molecule has 80 valence electrons. The molecule has 1 rings (SSSR count). The Morgan fingerprint density at radius 2 is 1.57 bits per heavy atom. The predicted octanol–water partition coefficient (Wildman–Crippen LogP) is 0.246. The van der Waals surface area contributed by atoms with Gasteiger partial charge in [0.15, 0.2) is 0 Å². The van der Waals surface area contributed by atoms with E-state index in [1.807, 2.05) is 0 Å². The van der Waals surface area contributed by atoms with E-state index in [0.29, 0.717) is 0 Å². The number of rotatable bonds is 4. The van der Waals surface area contributed by atoms with Gasteiger partial charge in [0, 0.05) is 0 Å². The molecule has 1 aliphatic heterocycles. The Labute approximate surface area is 104 Å². The Hall–Kier alpha value is 0.774. The maximum atomic E-state index is 2.64. The smallest absolute Gasteiger partial charge is 1.00 e. The zero-order valence-electron chi connectivity index (χ0n) is 11.6. The van der Waals surface area contributed by atoms with Gasteiger partial charge in [-0.3, -0.25) is 0 Å². The SMILES string of the molecule is CCN(CC)C[Si]1(C)CCCCC1.[H-].[Li+]. The van der Waals surface area contributed by atoms with Crippen molar-refractivity contribution in [2.45, 2.75) is 51.7 Å². The molecule has 0 bridgehead atoms. The van der Waals surface area contributed by atoms with Gasteiger partial charge in [0.2, 0.25) is 0 Å². The first-order valence-corrected chi connectivity index (χ1v) is 9.04. The molecule has 1 nitrogen and oxygen atoms in total. The fourth-order valence-corrected chi connectivity index (χ4v) is 6.85. The first kappa shape index (κ1) is 14.8. The van der Waals surface area contributed by atoms with Crippen LogP contribution >= 0.6 is 0 Å². The Morgan fingerprint density at radius 3 is 2.00 bits per heavy atom. The molecule has 1 aliphatic rings. The minimum absolute atomic E-state index is 0. The molecule has 0 aromatic carbocycles. The number of hydrogen-bond acceptors (Lipinski definition) is 1. The van der Waals surface area contributed by atoms with E-state index >= 15 is 0 Å². The van der Waals surface area contributed by atoms with Crippen molar-refractivity contribution in [3.05, 3.63) is 0 Å². The monoisotopic (exact) mass is 207 g/mol. The Balaban J connectivity index is 0. The quantitative estimate of drug-likeness (QED) is 0.597. The number of nitrogens with zero attached hydrogens (tertiary/aromatic N) is 1. The maximum Gasteiger partial charge on any atom is 1.00 e. The molecular weight excluding hydrogens is 181 g/mol. The summed E-state index contributed by atoms with van der Waals surface area (Å²) in [5.41, 5.74) is 0. The second-order valence-electron chi connectivity index (χ2n) is 4.83. The Kier molecular flexibility index (Phi) is 7.51. The van der Waals surface area contributed by atoms with E-state index in [4.69, 9.17) is 0 Å². The van der Waals surface area contributed by atoms with Crippen molar-refractivity contribution >= 4 is 8.07 Å². The van der Waals surface area contributed by atoms with E-state index < -0.39 is 8.07 Å². The van der Waals surface area contributed by atoms with Crippen LogP contribution in [0.1, 0.15) is 34.5 Å². The third-order valence-electron chi connectivity index (χ3n) is 3.56. The van der Waals surface area contributed by atoms with Crippen LogP contribution in [0.4, 0.5) is 0 Å². The topological polar surface area (TPSA) is 3.24 Å². The molecule has 14 heavy (non-hydrogen) atoms. The molecule has 1 fully saturated rings. The van der Waals surface area contributed by atoms with E-state index in [-0.39, 0.29) is 20.3 Å². The molecule has 0 amide bonds. The van der Waals surface area contributed by atoms with Crippen LogP contribution in [0.5, 0.6) is 0 Å². The van der Waals surface area contributed by atoms with Crippen LogP contribution in [-0.4, -0.2) is 32.2 Å². The first-order chi connectivity index (χ1) is 6.20. The van der Waals surface area contributed by atoms with Crippen LogP contribution < -0.4 is 18.9 Å². The van der Waals surface area contributed by atoms with Crippen molar-refractivity contribution in [3.63, 3.8) is 0 Å². The minimum atomic E-state index is -0.816. The fraction of sp³-hybridized carbons (Fsp3) is 1.00. The standard InChI is InChI=1S/C11H25NSi.Li.H/c1-4-12(5-2)11-13(3)9-7-6-8-10-13;;/h4-11H2,1-3H3;;/q;+1;-1. The molecule has 3 heteroatoms. The molecule has 0 unspecified atom stereocenters. The molecule has 0 atom stereocenters. The predicted molar refractivity (Wildman–Crippen MR) is 64.0 cm³/mol. The van der Waals surface area contributed by atoms with E-state index in [1.165, 1.54) is 38.5 Å². The van der Waals surface area contributed by atoms with Gasteiger partial charge in [-0.2, -0.15) is 0 Å². The third-order valence-corrected chi connectivity index (χ3v) is 7.89. The third kappa shape index (κ3) is 4.53. The summed E-state index contributed by atoms with van der Waals surface area (Å²) in [5.74, 6) is 0. The normalized spacial score (nSPS) is 20.6. The molecule has 0 saturated carbocycles. The molecular formula is C11H26LiNSi. The van der Waals surface area contributed by atoms with E-state index in [2.05, 4.69) is 25.3 Å². The zero-order valence-corrected chi connectivity index (χ0v) is 11.6. The second-order valence-corrected chi connectivity index (χ2v) is 9.77. The van der Waals surface area contributed by atoms with Gasteiger partial charge in [0.25, 0.3) is 0 Å². The van der Waals surface area contributed by atoms with Gasteiger partial charge in [-0.1, -0.05) is 51.7 Å². The minimum Gasteiger partial charge on any atom is -1.00 e. The van der Waals surface area contributed by atoms with E-state index in [0.717, 1.165) is 0 Å². The average Bonchev–Trinajstić information content (AvgIpc) is 2.15. The van der Waals surface area contributed by atoms with Gasteiger partial charge >= 0.3 is 18.9 Å². The zero-order chi connectivity index (χ0) is 9.73. The van der Waals surface area contributed by atoms with Crippen LogP contribution in [0.15, 0.2) is 0 Å². The molecule has 0 aromatic rings. The van der Waals surface area contributed by atoms with Gasteiger partial charge in [-0.25, -0.2) is 0 Å². The largest absolute Gasteiger partial charge is 1.00 e. The number of hydrogen-bond donors (Lipinski definition) is 0. The average molecular weight is 207 g/mol. The van der Waals surface area contributed by atoms with Crippen molar-refractivity contribution < 1.29 is 20.3 Å². The van der Waals surface area contributed by atoms with Gasteiger partial charge in [0.1, 0.15) is 0 Å². The second kappa shape index (κ2) is 7.11. The molecule has 0 aromatic heterocycles.